The molecule has 0 spiro atoms. The number of nitrogens with zero attached hydrogens (tertiary/aromatic N) is 1. The van der Waals surface area contributed by atoms with Gasteiger partial charge in [-0.25, -0.2) is 5.32 Å². The van der Waals surface area contributed by atoms with Crippen LogP contribution in [0.25, 0.3) is 0 Å². The second-order valence-electron chi connectivity index (χ2n) is 3.00. The van der Waals surface area contributed by atoms with Crippen LogP contribution in [-0.4, -0.2) is 25.8 Å². The largest absolute Gasteiger partial charge is 0.374 e. The van der Waals surface area contributed by atoms with Crippen LogP contribution in [0, 0.1) is 0 Å². The molecule has 0 N–H and O–H groups in total. The van der Waals surface area contributed by atoms with Gasteiger partial charge >= 0.3 is 0 Å². The first-order valence-corrected chi connectivity index (χ1v) is 3.26. The summed E-state index contributed by atoms with van der Waals surface area (Å²) in [4.78, 5) is 0. The lowest BCUT2D eigenvalue weighted by atomic mass is 10.2. The van der Waals surface area contributed by atoms with Gasteiger partial charge in [0, 0.05) is 13.6 Å². The number of ether oxygens (including phenoxy) is 1. The summed E-state index contributed by atoms with van der Waals surface area (Å²) in [5.74, 6) is 0. The molecule has 0 aromatic rings. The van der Waals surface area contributed by atoms with Crippen LogP contribution in [0.2, 0.25) is 0 Å². The molecule has 0 aliphatic carbocycles. The van der Waals surface area contributed by atoms with Gasteiger partial charge in [-0.05, 0) is 20.8 Å². The van der Waals surface area contributed by atoms with Crippen molar-refractivity contribution in [2.24, 2.45) is 0 Å². The summed E-state index contributed by atoms with van der Waals surface area (Å²) in [5, 5.41) is 3.91. The Bertz CT molecular complexity index is 65.8. The fourth-order valence-corrected chi connectivity index (χ4v) is 0.443. The quantitative estimate of drug-likeness (QED) is 0.523. The third-order valence-electron chi connectivity index (χ3n) is 0.850. The number of likely N-dealkylation sites (N-methyl/N-ethyl adjacent to an activating group) is 1. The minimum Gasteiger partial charge on any atom is -0.374 e. The molecule has 0 bridgehead atoms. The minimum absolute atomic E-state index is 0.00924. The molecule has 0 rings (SSSR count). The van der Waals surface area contributed by atoms with Crippen molar-refractivity contribution >= 4 is 0 Å². The van der Waals surface area contributed by atoms with Gasteiger partial charge in [0.25, 0.3) is 0 Å². The van der Waals surface area contributed by atoms with E-state index in [-0.39, 0.29) is 5.60 Å². The van der Waals surface area contributed by atoms with E-state index in [9.17, 15) is 0 Å². The zero-order valence-electron chi connectivity index (χ0n) is 6.77. The molecule has 0 atom stereocenters. The molecule has 0 heterocycles. The average Bonchev–Trinajstić information content (AvgIpc) is 1.63. The Kier molecular flexibility index (Phi) is 3.82. The van der Waals surface area contributed by atoms with Crippen molar-refractivity contribution in [3.8, 4) is 0 Å². The third kappa shape index (κ3) is 7.92. The zero-order chi connectivity index (χ0) is 7.33. The lowest BCUT2D eigenvalue weighted by molar-refractivity contribution is -0.000466. The molecule has 2 nitrogen and oxygen atoms in total. The van der Waals surface area contributed by atoms with Gasteiger partial charge in [-0.15, -0.1) is 0 Å². The SMILES string of the molecule is C[N]CCOC(C)(C)C. The van der Waals surface area contributed by atoms with Crippen LogP contribution >= 0.6 is 0 Å². The Morgan fingerprint density at radius 3 is 2.22 bits per heavy atom. The van der Waals surface area contributed by atoms with Crippen LogP contribution < -0.4 is 5.32 Å². The first-order chi connectivity index (χ1) is 4.06. The average molecular weight is 130 g/mol. The first-order valence-electron chi connectivity index (χ1n) is 3.26. The highest BCUT2D eigenvalue weighted by Gasteiger charge is 2.08. The predicted molar refractivity (Wildman–Crippen MR) is 38.6 cm³/mol. The molecule has 0 unspecified atom stereocenters. The predicted octanol–water partition coefficient (Wildman–Crippen LogP) is 1.04. The van der Waals surface area contributed by atoms with Gasteiger partial charge in [-0.3, -0.25) is 0 Å². The van der Waals surface area contributed by atoms with E-state index in [0.717, 1.165) is 13.2 Å². The molecular formula is C7H16NO. The molecular weight excluding hydrogens is 114 g/mol. The van der Waals surface area contributed by atoms with Gasteiger partial charge in [0.1, 0.15) is 0 Å². The maximum Gasteiger partial charge on any atom is 0.0614 e. The fourth-order valence-electron chi connectivity index (χ4n) is 0.443. The summed E-state index contributed by atoms with van der Waals surface area (Å²) >= 11 is 0. The monoisotopic (exact) mass is 130 g/mol. The number of hydrogen-bond donors (Lipinski definition) is 0. The summed E-state index contributed by atoms with van der Waals surface area (Å²) in [5.41, 5.74) is -0.00924. The summed E-state index contributed by atoms with van der Waals surface area (Å²) < 4.78 is 5.38. The van der Waals surface area contributed by atoms with E-state index in [0.29, 0.717) is 0 Å². The highest BCUT2D eigenvalue weighted by molar-refractivity contribution is 4.58. The van der Waals surface area contributed by atoms with Gasteiger partial charge in [0.2, 0.25) is 0 Å². The molecule has 0 saturated carbocycles. The van der Waals surface area contributed by atoms with Crippen LogP contribution in [0.4, 0.5) is 0 Å². The Hall–Kier alpha value is -0.0800. The Morgan fingerprint density at radius 2 is 1.89 bits per heavy atom. The van der Waals surface area contributed by atoms with Crippen LogP contribution in [-0.2, 0) is 4.74 Å². The van der Waals surface area contributed by atoms with E-state index in [1.807, 2.05) is 20.8 Å². The molecule has 0 aliphatic rings. The second kappa shape index (κ2) is 3.85. The van der Waals surface area contributed by atoms with Crippen LogP contribution in [0.5, 0.6) is 0 Å². The van der Waals surface area contributed by atoms with Crippen molar-refractivity contribution in [2.75, 3.05) is 20.2 Å². The lowest BCUT2D eigenvalue weighted by Gasteiger charge is -2.18. The van der Waals surface area contributed by atoms with E-state index in [1.165, 1.54) is 0 Å². The molecule has 2 heteroatoms. The molecule has 1 radical (unpaired) electrons. The fraction of sp³-hybridized carbons (Fsp3) is 1.00. The van der Waals surface area contributed by atoms with Crippen molar-refractivity contribution in [1.82, 2.24) is 5.32 Å². The Morgan fingerprint density at radius 1 is 1.33 bits per heavy atom. The highest BCUT2D eigenvalue weighted by atomic mass is 16.5. The summed E-state index contributed by atoms with van der Waals surface area (Å²) in [6.45, 7) is 7.67. The van der Waals surface area contributed by atoms with E-state index in [1.54, 1.807) is 7.05 Å². The maximum atomic E-state index is 5.38. The van der Waals surface area contributed by atoms with Crippen LogP contribution in [0.1, 0.15) is 20.8 Å². The standard InChI is InChI=1S/C7H16NO/c1-7(2,3)9-6-5-8-4/h5-6H2,1-4H3. The van der Waals surface area contributed by atoms with E-state index >= 15 is 0 Å². The van der Waals surface area contributed by atoms with Crippen molar-refractivity contribution in [1.29, 1.82) is 0 Å². The van der Waals surface area contributed by atoms with Crippen molar-refractivity contribution in [3.63, 3.8) is 0 Å². The normalized spacial score (nSPS) is 12.0. The molecule has 0 saturated heterocycles. The van der Waals surface area contributed by atoms with E-state index in [4.69, 9.17) is 4.74 Å². The van der Waals surface area contributed by atoms with Crippen molar-refractivity contribution in [2.45, 2.75) is 26.4 Å². The van der Waals surface area contributed by atoms with Gasteiger partial charge < -0.3 is 4.74 Å². The molecule has 0 aliphatic heterocycles. The summed E-state index contributed by atoms with van der Waals surface area (Å²) in [6.07, 6.45) is 0. The van der Waals surface area contributed by atoms with Gasteiger partial charge in [-0.1, -0.05) is 0 Å². The zero-order valence-corrected chi connectivity index (χ0v) is 6.77. The van der Waals surface area contributed by atoms with E-state index < -0.39 is 0 Å². The second-order valence-corrected chi connectivity index (χ2v) is 3.00. The van der Waals surface area contributed by atoms with Crippen molar-refractivity contribution < 1.29 is 4.74 Å². The molecule has 0 fully saturated rings. The first kappa shape index (κ1) is 8.92. The summed E-state index contributed by atoms with van der Waals surface area (Å²) in [6, 6.07) is 0. The van der Waals surface area contributed by atoms with Gasteiger partial charge in [0.15, 0.2) is 0 Å². The summed E-state index contributed by atoms with van der Waals surface area (Å²) in [7, 11) is 1.80. The third-order valence-corrected chi connectivity index (χ3v) is 0.850. The van der Waals surface area contributed by atoms with Crippen molar-refractivity contribution in [3.05, 3.63) is 0 Å². The van der Waals surface area contributed by atoms with E-state index in [2.05, 4.69) is 5.32 Å². The number of rotatable bonds is 3. The number of hydrogen-bond acceptors (Lipinski definition) is 1. The topological polar surface area (TPSA) is 23.3 Å². The molecule has 55 valence electrons. The molecule has 0 amide bonds. The molecule has 0 aromatic heterocycles. The van der Waals surface area contributed by atoms with Gasteiger partial charge in [0.05, 0.1) is 12.2 Å². The highest BCUT2D eigenvalue weighted by Crippen LogP contribution is 2.04. The van der Waals surface area contributed by atoms with Crippen LogP contribution in [0.3, 0.4) is 0 Å². The minimum atomic E-state index is -0.00924. The molecule has 0 aromatic carbocycles. The lowest BCUT2D eigenvalue weighted by Crippen LogP contribution is -2.22. The molecule has 9 heavy (non-hydrogen) atoms. The smallest absolute Gasteiger partial charge is 0.0614 e. The van der Waals surface area contributed by atoms with Gasteiger partial charge in [-0.2, -0.15) is 0 Å². The Balaban J connectivity index is 3.07. The van der Waals surface area contributed by atoms with Crippen LogP contribution in [0.15, 0.2) is 0 Å². The Labute approximate surface area is 57.6 Å². The maximum absolute atomic E-state index is 5.38.